The average Bonchev–Trinajstić information content (AvgIpc) is 2.45. The summed E-state index contributed by atoms with van der Waals surface area (Å²) >= 11 is 0. The number of esters is 1. The number of hydrogen-bond acceptors (Lipinski definition) is 5. The smallest absolute Gasteiger partial charge is 0.312 e. The van der Waals surface area contributed by atoms with Crippen molar-refractivity contribution >= 4 is 5.97 Å². The topological polar surface area (TPSA) is 65.0 Å². The third-order valence-electron chi connectivity index (χ3n) is 4.59. The lowest BCUT2D eigenvalue weighted by Gasteiger charge is -2.43. The van der Waals surface area contributed by atoms with Crippen LogP contribution in [0.4, 0.5) is 0 Å². The van der Waals surface area contributed by atoms with Crippen LogP contribution in [0, 0.1) is 16.2 Å². The van der Waals surface area contributed by atoms with Crippen molar-refractivity contribution in [1.29, 1.82) is 0 Å². The van der Waals surface area contributed by atoms with Crippen LogP contribution >= 0.6 is 0 Å². The summed E-state index contributed by atoms with van der Waals surface area (Å²) in [6.45, 7) is 15.9. The van der Waals surface area contributed by atoms with Crippen LogP contribution in [0.15, 0.2) is 0 Å². The minimum Gasteiger partial charge on any atom is -0.462 e. The molecule has 0 aliphatic heterocycles. The van der Waals surface area contributed by atoms with Gasteiger partial charge in [-0.15, -0.1) is 0 Å². The highest BCUT2D eigenvalue weighted by molar-refractivity contribution is 5.77. The molecule has 25 heavy (non-hydrogen) atoms. The Morgan fingerprint density at radius 3 is 2.00 bits per heavy atom. The molecular weight excluding hydrogens is 320 g/mol. The summed E-state index contributed by atoms with van der Waals surface area (Å²) in [5.74, 6) is -0.255. The Kier molecular flexibility index (Phi) is 10.2. The molecule has 0 aromatic heterocycles. The van der Waals surface area contributed by atoms with E-state index in [9.17, 15) is 9.90 Å². The predicted molar refractivity (Wildman–Crippen MR) is 101 cm³/mol. The van der Waals surface area contributed by atoms with Crippen molar-refractivity contribution in [2.75, 3.05) is 33.5 Å². The van der Waals surface area contributed by atoms with E-state index in [-0.39, 0.29) is 30.0 Å². The summed E-state index contributed by atoms with van der Waals surface area (Å²) in [6.07, 6.45) is 1.73. The Balaban J connectivity index is 4.43. The van der Waals surface area contributed by atoms with Gasteiger partial charge in [-0.05, 0) is 37.0 Å². The second-order valence-electron chi connectivity index (χ2n) is 9.35. The molecule has 0 aromatic carbocycles. The largest absolute Gasteiger partial charge is 0.462 e. The average molecular weight is 361 g/mol. The van der Waals surface area contributed by atoms with Gasteiger partial charge in [0, 0.05) is 20.3 Å². The maximum atomic E-state index is 12.8. The summed E-state index contributed by atoms with van der Waals surface area (Å²) in [7, 11) is 1.67. The van der Waals surface area contributed by atoms with Crippen LogP contribution in [0.2, 0.25) is 0 Å². The second kappa shape index (κ2) is 10.5. The van der Waals surface area contributed by atoms with Crippen molar-refractivity contribution in [3.8, 4) is 0 Å². The number of carbonyl (C=O) groups is 1. The number of aliphatic hydroxyl groups excluding tert-OH is 1. The van der Waals surface area contributed by atoms with Crippen LogP contribution in [-0.2, 0) is 19.0 Å². The zero-order chi connectivity index (χ0) is 19.7. The molecule has 0 fully saturated rings. The van der Waals surface area contributed by atoms with Gasteiger partial charge >= 0.3 is 5.97 Å². The maximum absolute atomic E-state index is 12.8. The van der Waals surface area contributed by atoms with Crippen molar-refractivity contribution in [3.05, 3.63) is 0 Å². The van der Waals surface area contributed by atoms with Crippen molar-refractivity contribution < 1.29 is 24.1 Å². The van der Waals surface area contributed by atoms with E-state index in [1.807, 2.05) is 6.92 Å². The number of hydrogen-bond donors (Lipinski definition) is 1. The standard InChI is InChI=1S/C20H40O5/c1-18(2,3)15-20(7,19(4,5)6)17(22)25-14-16(21)13-24-12-10-9-11-23-8/h16,21H,9-15H2,1-8H3. The molecule has 150 valence electrons. The van der Waals surface area contributed by atoms with E-state index in [2.05, 4.69) is 41.5 Å². The molecule has 0 saturated carbocycles. The van der Waals surface area contributed by atoms with Gasteiger partial charge in [-0.25, -0.2) is 0 Å². The van der Waals surface area contributed by atoms with E-state index in [1.54, 1.807) is 7.11 Å². The van der Waals surface area contributed by atoms with Gasteiger partial charge in [0.25, 0.3) is 0 Å². The van der Waals surface area contributed by atoms with E-state index in [4.69, 9.17) is 14.2 Å². The van der Waals surface area contributed by atoms with E-state index in [1.165, 1.54) is 0 Å². The normalized spacial score (nSPS) is 16.4. The Morgan fingerprint density at radius 2 is 1.52 bits per heavy atom. The molecule has 0 bridgehead atoms. The SMILES string of the molecule is COCCCCOCC(O)COC(=O)C(C)(CC(C)(C)C)C(C)(C)C. The molecule has 0 heterocycles. The molecule has 5 heteroatoms. The van der Waals surface area contributed by atoms with Crippen molar-refractivity contribution in [2.45, 2.75) is 73.8 Å². The van der Waals surface area contributed by atoms with E-state index in [0.29, 0.717) is 19.6 Å². The number of carbonyl (C=O) groups excluding carboxylic acids is 1. The fraction of sp³-hybridized carbons (Fsp3) is 0.950. The van der Waals surface area contributed by atoms with Crippen LogP contribution in [0.5, 0.6) is 0 Å². The predicted octanol–water partition coefficient (Wildman–Crippen LogP) is 3.82. The first-order valence-corrected chi connectivity index (χ1v) is 9.25. The van der Waals surface area contributed by atoms with Crippen LogP contribution in [0.3, 0.4) is 0 Å². The Morgan fingerprint density at radius 1 is 0.960 bits per heavy atom. The monoisotopic (exact) mass is 360 g/mol. The van der Waals surface area contributed by atoms with E-state index in [0.717, 1.165) is 12.8 Å². The van der Waals surface area contributed by atoms with Gasteiger partial charge < -0.3 is 19.3 Å². The van der Waals surface area contributed by atoms with Gasteiger partial charge in [0.1, 0.15) is 12.7 Å². The van der Waals surface area contributed by atoms with Crippen LogP contribution in [0.1, 0.15) is 67.7 Å². The molecule has 0 aromatic rings. The minimum atomic E-state index is -0.801. The van der Waals surface area contributed by atoms with Crippen LogP contribution < -0.4 is 0 Å². The van der Waals surface area contributed by atoms with Crippen molar-refractivity contribution in [1.82, 2.24) is 0 Å². The summed E-state index contributed by atoms with van der Waals surface area (Å²) in [5.41, 5.74) is -0.850. The highest BCUT2D eigenvalue weighted by Crippen LogP contribution is 2.47. The van der Waals surface area contributed by atoms with Gasteiger partial charge in [-0.2, -0.15) is 0 Å². The second-order valence-corrected chi connectivity index (χ2v) is 9.35. The number of methoxy groups -OCH3 is 1. The summed E-state index contributed by atoms with van der Waals surface area (Å²) < 4.78 is 15.8. The van der Waals surface area contributed by atoms with Crippen LogP contribution in [-0.4, -0.2) is 50.7 Å². The fourth-order valence-corrected chi connectivity index (χ4v) is 2.75. The number of ether oxygens (including phenoxy) is 3. The molecule has 2 unspecified atom stereocenters. The van der Waals surface area contributed by atoms with Crippen molar-refractivity contribution in [2.24, 2.45) is 16.2 Å². The molecule has 1 N–H and O–H groups in total. The Bertz CT molecular complexity index is 381. The molecule has 0 spiro atoms. The first kappa shape index (κ1) is 24.4. The summed E-state index contributed by atoms with van der Waals surface area (Å²) in [4.78, 5) is 12.8. The molecule has 0 aliphatic rings. The lowest BCUT2D eigenvalue weighted by atomic mass is 9.61. The molecule has 0 radical (unpaired) electrons. The highest BCUT2D eigenvalue weighted by Gasteiger charge is 2.47. The number of unbranched alkanes of at least 4 members (excludes halogenated alkanes) is 1. The quantitative estimate of drug-likeness (QED) is 0.448. The number of aliphatic hydroxyl groups is 1. The third kappa shape index (κ3) is 9.57. The van der Waals surface area contributed by atoms with Gasteiger partial charge in [0.05, 0.1) is 12.0 Å². The van der Waals surface area contributed by atoms with Gasteiger partial charge in [-0.3, -0.25) is 4.79 Å². The number of rotatable bonds is 11. The zero-order valence-electron chi connectivity index (χ0n) is 17.6. The molecule has 0 rings (SSSR count). The van der Waals surface area contributed by atoms with Gasteiger partial charge in [0.2, 0.25) is 0 Å². The summed E-state index contributed by atoms with van der Waals surface area (Å²) in [6, 6.07) is 0. The van der Waals surface area contributed by atoms with Crippen LogP contribution in [0.25, 0.3) is 0 Å². The minimum absolute atomic E-state index is 0.00494. The molecule has 2 atom stereocenters. The summed E-state index contributed by atoms with van der Waals surface area (Å²) in [5, 5.41) is 9.97. The Labute approximate surface area is 154 Å². The highest BCUT2D eigenvalue weighted by atomic mass is 16.5. The van der Waals surface area contributed by atoms with E-state index < -0.39 is 11.5 Å². The zero-order valence-corrected chi connectivity index (χ0v) is 17.6. The molecule has 0 aliphatic carbocycles. The molecular formula is C20H40O5. The first-order valence-electron chi connectivity index (χ1n) is 9.25. The maximum Gasteiger partial charge on any atom is 0.312 e. The third-order valence-corrected chi connectivity index (χ3v) is 4.59. The first-order chi connectivity index (χ1) is 11.3. The Hall–Kier alpha value is -0.650. The van der Waals surface area contributed by atoms with Gasteiger partial charge in [0.15, 0.2) is 0 Å². The molecule has 5 nitrogen and oxygen atoms in total. The molecule has 0 saturated heterocycles. The van der Waals surface area contributed by atoms with E-state index >= 15 is 0 Å². The van der Waals surface area contributed by atoms with Crippen molar-refractivity contribution in [3.63, 3.8) is 0 Å². The molecule has 0 amide bonds. The lowest BCUT2D eigenvalue weighted by molar-refractivity contribution is -0.168. The lowest BCUT2D eigenvalue weighted by Crippen LogP contribution is -2.45. The fourth-order valence-electron chi connectivity index (χ4n) is 2.75. The van der Waals surface area contributed by atoms with Gasteiger partial charge in [-0.1, -0.05) is 41.5 Å².